The Labute approximate surface area is 223 Å². The lowest BCUT2D eigenvalue weighted by atomic mass is 10.1. The number of Topliss-reactive ketones (excluding diaryl/α,β-unsaturated/α-hetero) is 1. The number of hydrogen-bond donors (Lipinski definition) is 1. The standard InChI is InChI=1S/C31H33N5O2/c1-21-8-11-26(18-22(21)2)36-31(28-19-32-29-7-5-4-6-27(28)29)35(30(33-36)23(3)37)25-12-9-24(10-13-25)20-34-14-16-38-17-15-34/h4-13,18-19,31-32H,14-17,20H2,1-3H3. The van der Waals surface area contributed by atoms with Crippen LogP contribution in [0.25, 0.3) is 10.9 Å². The summed E-state index contributed by atoms with van der Waals surface area (Å²) in [5.41, 5.74) is 7.66. The molecule has 7 heteroatoms. The SMILES string of the molecule is CC(=O)C1=NN(c2ccc(C)c(C)c2)C(c2c[nH]c3ccccc23)N1c1ccc(CN2CCOCC2)cc1. The van der Waals surface area contributed by atoms with Crippen molar-refractivity contribution in [2.75, 3.05) is 36.2 Å². The van der Waals surface area contributed by atoms with Crippen molar-refractivity contribution >= 4 is 33.9 Å². The van der Waals surface area contributed by atoms with Crippen molar-refractivity contribution in [3.05, 3.63) is 95.2 Å². The van der Waals surface area contributed by atoms with E-state index in [0.29, 0.717) is 5.84 Å². The first-order valence-electron chi connectivity index (χ1n) is 13.2. The van der Waals surface area contributed by atoms with Crippen molar-refractivity contribution in [1.29, 1.82) is 0 Å². The average Bonchev–Trinajstić information content (AvgIpc) is 3.53. The van der Waals surface area contributed by atoms with E-state index in [1.807, 2.05) is 23.3 Å². The number of nitrogens with one attached hydrogen (secondary N) is 1. The van der Waals surface area contributed by atoms with E-state index in [2.05, 4.69) is 83.2 Å². The lowest BCUT2D eigenvalue weighted by Crippen LogP contribution is -2.38. The van der Waals surface area contributed by atoms with E-state index in [0.717, 1.165) is 60.7 Å². The van der Waals surface area contributed by atoms with Crippen LogP contribution in [0, 0.1) is 13.8 Å². The van der Waals surface area contributed by atoms with Crippen LogP contribution in [0.2, 0.25) is 0 Å². The smallest absolute Gasteiger partial charge is 0.198 e. The Morgan fingerprint density at radius 3 is 2.45 bits per heavy atom. The molecule has 2 aliphatic rings. The molecule has 1 fully saturated rings. The number of fused-ring (bicyclic) bond motifs is 1. The number of morpholine rings is 1. The number of ether oxygens (including phenoxy) is 1. The molecule has 1 atom stereocenters. The van der Waals surface area contributed by atoms with Crippen molar-refractivity contribution in [1.82, 2.24) is 9.88 Å². The number of nitrogens with zero attached hydrogens (tertiary/aromatic N) is 4. The average molecular weight is 508 g/mol. The number of anilines is 2. The minimum absolute atomic E-state index is 0.0708. The fourth-order valence-corrected chi connectivity index (χ4v) is 5.36. The van der Waals surface area contributed by atoms with Crippen molar-refractivity contribution in [3.8, 4) is 0 Å². The Kier molecular flexibility index (Phi) is 6.47. The highest BCUT2D eigenvalue weighted by atomic mass is 16.5. The first-order valence-corrected chi connectivity index (χ1v) is 13.2. The molecule has 0 saturated carbocycles. The van der Waals surface area contributed by atoms with Crippen molar-refractivity contribution in [2.24, 2.45) is 5.10 Å². The lowest BCUT2D eigenvalue weighted by molar-refractivity contribution is -0.111. The summed E-state index contributed by atoms with van der Waals surface area (Å²) in [6.45, 7) is 10.2. The van der Waals surface area contributed by atoms with Crippen LogP contribution < -0.4 is 9.91 Å². The molecule has 194 valence electrons. The van der Waals surface area contributed by atoms with E-state index in [1.54, 1.807) is 6.92 Å². The fourth-order valence-electron chi connectivity index (χ4n) is 5.36. The number of aryl methyl sites for hydroxylation is 2. The maximum Gasteiger partial charge on any atom is 0.198 e. The molecule has 0 spiro atoms. The lowest BCUT2D eigenvalue weighted by Gasteiger charge is -2.32. The number of carbonyl (C=O) groups is 1. The molecule has 2 aliphatic heterocycles. The summed E-state index contributed by atoms with van der Waals surface area (Å²) in [6.07, 6.45) is 1.72. The molecule has 1 N–H and O–H groups in total. The molecular weight excluding hydrogens is 474 g/mol. The number of aromatic nitrogens is 1. The molecule has 3 aromatic carbocycles. The number of aromatic amines is 1. The molecule has 4 aromatic rings. The summed E-state index contributed by atoms with van der Waals surface area (Å²) < 4.78 is 5.50. The van der Waals surface area contributed by atoms with Crippen LogP contribution in [0.4, 0.5) is 11.4 Å². The normalized spacial score (nSPS) is 18.3. The maximum absolute atomic E-state index is 13.0. The zero-order valence-electron chi connectivity index (χ0n) is 22.1. The summed E-state index contributed by atoms with van der Waals surface area (Å²) in [7, 11) is 0. The van der Waals surface area contributed by atoms with E-state index in [9.17, 15) is 4.79 Å². The molecule has 0 bridgehead atoms. The van der Waals surface area contributed by atoms with Crippen molar-refractivity contribution in [2.45, 2.75) is 33.5 Å². The van der Waals surface area contributed by atoms with Crippen LogP contribution in [-0.4, -0.2) is 47.8 Å². The van der Waals surface area contributed by atoms with Crippen LogP contribution in [-0.2, 0) is 16.1 Å². The Morgan fingerprint density at radius 1 is 0.974 bits per heavy atom. The number of hydrogen-bond acceptors (Lipinski definition) is 6. The van der Waals surface area contributed by atoms with E-state index in [1.165, 1.54) is 16.7 Å². The first-order chi connectivity index (χ1) is 18.5. The van der Waals surface area contributed by atoms with Crippen LogP contribution in [0.15, 0.2) is 78.0 Å². The second-order valence-corrected chi connectivity index (χ2v) is 10.2. The van der Waals surface area contributed by atoms with Crippen molar-refractivity contribution < 1.29 is 9.53 Å². The van der Waals surface area contributed by atoms with Gasteiger partial charge in [-0.15, -0.1) is 5.10 Å². The Balaban J connectivity index is 1.44. The molecule has 7 nitrogen and oxygen atoms in total. The van der Waals surface area contributed by atoms with E-state index in [-0.39, 0.29) is 11.9 Å². The van der Waals surface area contributed by atoms with E-state index < -0.39 is 0 Å². The number of rotatable bonds is 6. The predicted molar refractivity (Wildman–Crippen MR) is 153 cm³/mol. The van der Waals surface area contributed by atoms with Gasteiger partial charge in [-0.2, -0.15) is 0 Å². The summed E-state index contributed by atoms with van der Waals surface area (Å²) in [5.74, 6) is 0.359. The minimum atomic E-state index is -0.322. The topological polar surface area (TPSA) is 64.2 Å². The molecule has 3 heterocycles. The van der Waals surface area contributed by atoms with Crippen LogP contribution >= 0.6 is 0 Å². The first kappa shape index (κ1) is 24.4. The summed E-state index contributed by atoms with van der Waals surface area (Å²) in [4.78, 5) is 20.9. The van der Waals surface area contributed by atoms with Gasteiger partial charge in [0.1, 0.15) is 0 Å². The number of carbonyl (C=O) groups excluding carboxylic acids is 1. The van der Waals surface area contributed by atoms with Crippen LogP contribution in [0.5, 0.6) is 0 Å². The van der Waals surface area contributed by atoms with Crippen LogP contribution in [0.3, 0.4) is 0 Å². The Bertz CT molecular complexity index is 1500. The quantitative estimate of drug-likeness (QED) is 0.371. The largest absolute Gasteiger partial charge is 0.379 e. The summed E-state index contributed by atoms with van der Waals surface area (Å²) >= 11 is 0. The number of benzene rings is 3. The molecule has 1 aromatic heterocycles. The van der Waals surface area contributed by atoms with Gasteiger partial charge in [0.2, 0.25) is 0 Å². The van der Waals surface area contributed by atoms with Crippen molar-refractivity contribution in [3.63, 3.8) is 0 Å². The van der Waals surface area contributed by atoms with Gasteiger partial charge in [0, 0.05) is 54.9 Å². The van der Waals surface area contributed by atoms with E-state index >= 15 is 0 Å². The number of para-hydroxylation sites is 1. The molecule has 1 unspecified atom stereocenters. The van der Waals surface area contributed by atoms with Crippen LogP contribution in [0.1, 0.15) is 35.3 Å². The van der Waals surface area contributed by atoms with E-state index in [4.69, 9.17) is 9.84 Å². The van der Waals surface area contributed by atoms with Gasteiger partial charge < -0.3 is 9.72 Å². The predicted octanol–water partition coefficient (Wildman–Crippen LogP) is 5.54. The zero-order chi connectivity index (χ0) is 26.2. The number of H-pyrrole nitrogens is 1. The second-order valence-electron chi connectivity index (χ2n) is 10.2. The van der Waals surface area contributed by atoms with Gasteiger partial charge in [0.05, 0.1) is 18.9 Å². The third kappa shape index (κ3) is 4.48. The van der Waals surface area contributed by atoms with Gasteiger partial charge in [-0.05, 0) is 60.9 Å². The monoisotopic (exact) mass is 507 g/mol. The second kappa shape index (κ2) is 10.1. The van der Waals surface area contributed by atoms with Gasteiger partial charge in [-0.25, -0.2) is 5.01 Å². The third-order valence-corrected chi connectivity index (χ3v) is 7.60. The molecule has 0 radical (unpaired) electrons. The highest BCUT2D eigenvalue weighted by Gasteiger charge is 2.40. The van der Waals surface area contributed by atoms with Gasteiger partial charge in [0.15, 0.2) is 17.8 Å². The Hall–Kier alpha value is -3.94. The van der Waals surface area contributed by atoms with Gasteiger partial charge in [-0.1, -0.05) is 36.4 Å². The third-order valence-electron chi connectivity index (χ3n) is 7.60. The molecule has 0 amide bonds. The van der Waals surface area contributed by atoms with Gasteiger partial charge >= 0.3 is 0 Å². The molecule has 6 rings (SSSR count). The molecular formula is C31H33N5O2. The summed E-state index contributed by atoms with van der Waals surface area (Å²) in [6, 6.07) is 23.2. The molecule has 1 saturated heterocycles. The summed E-state index contributed by atoms with van der Waals surface area (Å²) in [5, 5.41) is 8.03. The van der Waals surface area contributed by atoms with Gasteiger partial charge in [0.25, 0.3) is 0 Å². The highest BCUT2D eigenvalue weighted by molar-refractivity contribution is 6.44. The number of hydrazone groups is 1. The van der Waals surface area contributed by atoms with Gasteiger partial charge in [-0.3, -0.25) is 14.6 Å². The molecule has 0 aliphatic carbocycles. The Morgan fingerprint density at radius 2 is 1.71 bits per heavy atom. The molecule has 38 heavy (non-hydrogen) atoms. The number of ketones is 1. The minimum Gasteiger partial charge on any atom is -0.379 e. The maximum atomic E-state index is 13.0. The number of amidine groups is 1. The highest BCUT2D eigenvalue weighted by Crippen LogP contribution is 2.41. The fraction of sp³-hybridized carbons (Fsp3) is 0.290. The zero-order valence-corrected chi connectivity index (χ0v) is 22.1.